The first-order valence-electron chi connectivity index (χ1n) is 9.93. The van der Waals surface area contributed by atoms with E-state index in [2.05, 4.69) is 20.3 Å². The molecule has 1 atom stereocenters. The van der Waals surface area contributed by atoms with E-state index in [0.717, 1.165) is 37.8 Å². The highest BCUT2D eigenvalue weighted by Crippen LogP contribution is 2.22. The first kappa shape index (κ1) is 19.2. The zero-order valence-corrected chi connectivity index (χ0v) is 16.2. The SMILES string of the molecule is CN=C(NCCOC1CCCCCC1)N1CCOC(c2cnn(C)c2)C1. The van der Waals surface area contributed by atoms with E-state index in [9.17, 15) is 0 Å². The molecular weight excluding hydrogens is 330 g/mol. The number of morpholine rings is 1. The molecule has 0 aromatic carbocycles. The summed E-state index contributed by atoms with van der Waals surface area (Å²) in [7, 11) is 3.77. The van der Waals surface area contributed by atoms with Crippen molar-refractivity contribution in [3.8, 4) is 0 Å². The number of aliphatic imine (C=N–C) groups is 1. The minimum Gasteiger partial charge on any atom is -0.376 e. The number of guanidine groups is 1. The van der Waals surface area contributed by atoms with Gasteiger partial charge in [-0.15, -0.1) is 0 Å². The van der Waals surface area contributed by atoms with E-state index in [1.165, 1.54) is 38.5 Å². The average molecular weight is 364 g/mol. The van der Waals surface area contributed by atoms with Gasteiger partial charge in [-0.25, -0.2) is 0 Å². The predicted molar refractivity (Wildman–Crippen MR) is 102 cm³/mol. The van der Waals surface area contributed by atoms with Crippen LogP contribution in [0.15, 0.2) is 17.4 Å². The topological polar surface area (TPSA) is 63.9 Å². The van der Waals surface area contributed by atoms with Crippen LogP contribution in [-0.2, 0) is 16.5 Å². The van der Waals surface area contributed by atoms with Crippen molar-refractivity contribution in [1.82, 2.24) is 20.0 Å². The second-order valence-corrected chi connectivity index (χ2v) is 7.21. The van der Waals surface area contributed by atoms with Gasteiger partial charge >= 0.3 is 0 Å². The van der Waals surface area contributed by atoms with Gasteiger partial charge in [-0.3, -0.25) is 9.67 Å². The molecule has 146 valence electrons. The summed E-state index contributed by atoms with van der Waals surface area (Å²) in [6.45, 7) is 3.85. The molecule has 2 fully saturated rings. The summed E-state index contributed by atoms with van der Waals surface area (Å²) in [6, 6.07) is 0. The van der Waals surface area contributed by atoms with Gasteiger partial charge in [-0.1, -0.05) is 25.7 Å². The van der Waals surface area contributed by atoms with Crippen molar-refractivity contribution < 1.29 is 9.47 Å². The lowest BCUT2D eigenvalue weighted by molar-refractivity contribution is -0.00835. The van der Waals surface area contributed by atoms with Gasteiger partial charge in [0.05, 0.1) is 32.1 Å². The quantitative estimate of drug-likeness (QED) is 0.376. The Morgan fingerprint density at radius 3 is 2.85 bits per heavy atom. The van der Waals surface area contributed by atoms with Gasteiger partial charge in [0.2, 0.25) is 0 Å². The van der Waals surface area contributed by atoms with Crippen LogP contribution in [-0.4, -0.2) is 66.6 Å². The van der Waals surface area contributed by atoms with Crippen molar-refractivity contribution in [2.75, 3.05) is 39.9 Å². The maximum atomic E-state index is 6.07. The van der Waals surface area contributed by atoms with E-state index in [4.69, 9.17) is 9.47 Å². The molecule has 2 aliphatic rings. The molecule has 0 amide bonds. The van der Waals surface area contributed by atoms with Crippen LogP contribution in [0.25, 0.3) is 0 Å². The number of hydrogen-bond donors (Lipinski definition) is 1. The van der Waals surface area contributed by atoms with E-state index in [1.54, 1.807) is 0 Å². The Morgan fingerprint density at radius 2 is 2.15 bits per heavy atom. The third-order valence-electron chi connectivity index (χ3n) is 5.22. The highest BCUT2D eigenvalue weighted by atomic mass is 16.5. The Morgan fingerprint density at radius 1 is 1.35 bits per heavy atom. The standard InChI is InChI=1S/C19H33N5O2/c1-20-19(21-9-11-25-17-7-5-3-4-6-8-17)24-10-12-26-18(15-24)16-13-22-23(2)14-16/h13-14,17-18H,3-12,15H2,1-2H3,(H,20,21). The fourth-order valence-electron chi connectivity index (χ4n) is 3.78. The zero-order valence-electron chi connectivity index (χ0n) is 16.2. The van der Waals surface area contributed by atoms with Crippen LogP contribution >= 0.6 is 0 Å². The fourth-order valence-corrected chi connectivity index (χ4v) is 3.78. The molecule has 1 aliphatic heterocycles. The minimum absolute atomic E-state index is 0.0400. The number of aromatic nitrogens is 2. The lowest BCUT2D eigenvalue weighted by atomic mass is 10.1. The fraction of sp³-hybridized carbons (Fsp3) is 0.789. The second kappa shape index (κ2) is 9.92. The molecule has 1 N–H and O–H groups in total. The van der Waals surface area contributed by atoms with Crippen molar-refractivity contribution in [3.05, 3.63) is 18.0 Å². The maximum absolute atomic E-state index is 6.07. The Kier molecular flexibility index (Phi) is 7.32. The average Bonchev–Trinajstić information content (AvgIpc) is 2.93. The molecule has 1 aliphatic carbocycles. The van der Waals surface area contributed by atoms with E-state index >= 15 is 0 Å². The van der Waals surface area contributed by atoms with Gasteiger partial charge in [-0.05, 0) is 12.8 Å². The van der Waals surface area contributed by atoms with E-state index < -0.39 is 0 Å². The molecule has 1 unspecified atom stereocenters. The lowest BCUT2D eigenvalue weighted by Crippen LogP contribution is -2.48. The largest absolute Gasteiger partial charge is 0.376 e. The van der Waals surface area contributed by atoms with Gasteiger partial charge in [-0.2, -0.15) is 5.10 Å². The summed E-state index contributed by atoms with van der Waals surface area (Å²) in [4.78, 5) is 6.70. The molecule has 1 aromatic heterocycles. The summed E-state index contributed by atoms with van der Waals surface area (Å²) in [5.41, 5.74) is 1.12. The highest BCUT2D eigenvalue weighted by molar-refractivity contribution is 5.80. The van der Waals surface area contributed by atoms with Crippen LogP contribution in [0.4, 0.5) is 0 Å². The first-order chi connectivity index (χ1) is 12.8. The lowest BCUT2D eigenvalue weighted by Gasteiger charge is -2.34. The number of nitrogens with one attached hydrogen (secondary N) is 1. The third kappa shape index (κ3) is 5.45. The van der Waals surface area contributed by atoms with Crippen LogP contribution in [0.3, 0.4) is 0 Å². The van der Waals surface area contributed by atoms with Crippen molar-refractivity contribution in [3.63, 3.8) is 0 Å². The van der Waals surface area contributed by atoms with E-state index in [1.807, 2.05) is 31.2 Å². The zero-order chi connectivity index (χ0) is 18.2. The third-order valence-corrected chi connectivity index (χ3v) is 5.22. The summed E-state index contributed by atoms with van der Waals surface area (Å²) in [5, 5.41) is 7.70. The van der Waals surface area contributed by atoms with Gasteiger partial charge in [0.1, 0.15) is 6.10 Å². The Labute approximate surface area is 156 Å². The number of aryl methyl sites for hydroxylation is 1. The smallest absolute Gasteiger partial charge is 0.193 e. The summed E-state index contributed by atoms with van der Waals surface area (Å²) >= 11 is 0. The van der Waals surface area contributed by atoms with Gasteiger partial charge in [0, 0.05) is 38.9 Å². The maximum Gasteiger partial charge on any atom is 0.193 e. The molecule has 2 heterocycles. The van der Waals surface area contributed by atoms with Crippen LogP contribution < -0.4 is 5.32 Å². The Hall–Kier alpha value is -1.60. The molecule has 26 heavy (non-hydrogen) atoms. The van der Waals surface area contributed by atoms with Crippen molar-refractivity contribution in [2.24, 2.45) is 12.0 Å². The predicted octanol–water partition coefficient (Wildman–Crippen LogP) is 2.11. The minimum atomic E-state index is 0.0400. The Bertz CT molecular complexity index is 566. The Balaban J connectivity index is 1.43. The van der Waals surface area contributed by atoms with Crippen LogP contribution in [0, 0.1) is 0 Å². The van der Waals surface area contributed by atoms with Crippen molar-refractivity contribution >= 4 is 5.96 Å². The molecule has 7 heteroatoms. The van der Waals surface area contributed by atoms with Gasteiger partial charge in [0.25, 0.3) is 0 Å². The van der Waals surface area contributed by atoms with Gasteiger partial charge in [0.15, 0.2) is 5.96 Å². The normalized spacial score (nSPS) is 23.1. The molecule has 1 saturated heterocycles. The van der Waals surface area contributed by atoms with Crippen LogP contribution in [0.1, 0.15) is 50.2 Å². The molecule has 1 aromatic rings. The molecule has 1 saturated carbocycles. The van der Waals surface area contributed by atoms with Crippen LogP contribution in [0.2, 0.25) is 0 Å². The summed E-state index contributed by atoms with van der Waals surface area (Å²) < 4.78 is 13.8. The van der Waals surface area contributed by atoms with Crippen molar-refractivity contribution in [1.29, 1.82) is 0 Å². The molecule has 3 rings (SSSR count). The van der Waals surface area contributed by atoms with Crippen molar-refractivity contribution in [2.45, 2.75) is 50.7 Å². The summed E-state index contributed by atoms with van der Waals surface area (Å²) in [6.07, 6.45) is 12.1. The van der Waals surface area contributed by atoms with Gasteiger partial charge < -0.3 is 19.7 Å². The molecule has 0 radical (unpaired) electrons. The number of nitrogens with zero attached hydrogens (tertiary/aromatic N) is 4. The monoisotopic (exact) mass is 363 g/mol. The first-order valence-corrected chi connectivity index (χ1v) is 9.93. The van der Waals surface area contributed by atoms with Crippen LogP contribution in [0.5, 0.6) is 0 Å². The number of hydrogen-bond acceptors (Lipinski definition) is 4. The number of rotatable bonds is 5. The molecular formula is C19H33N5O2. The molecule has 0 spiro atoms. The highest BCUT2D eigenvalue weighted by Gasteiger charge is 2.25. The molecule has 0 bridgehead atoms. The van der Waals surface area contributed by atoms with E-state index in [0.29, 0.717) is 12.7 Å². The molecule has 7 nitrogen and oxygen atoms in total. The second-order valence-electron chi connectivity index (χ2n) is 7.21. The summed E-state index contributed by atoms with van der Waals surface area (Å²) in [5.74, 6) is 0.923. The number of ether oxygens (including phenoxy) is 2. The van der Waals surface area contributed by atoms with E-state index in [-0.39, 0.29) is 6.10 Å².